The van der Waals surface area contributed by atoms with Gasteiger partial charge >= 0.3 is 0 Å². The maximum Gasteiger partial charge on any atom is 0.163 e. The lowest BCUT2D eigenvalue weighted by atomic mass is 10.1. The molecule has 0 spiro atoms. The van der Waals surface area contributed by atoms with Crippen LogP contribution in [0.4, 0.5) is 11.5 Å². The SMILES string of the molecule is CSc1ccccc1-c1ccc(Nc2ccc3c(c2)OCCO3)nc1. The summed E-state index contributed by atoms with van der Waals surface area (Å²) in [6, 6.07) is 18.2. The molecule has 0 fully saturated rings. The van der Waals surface area contributed by atoms with Gasteiger partial charge < -0.3 is 14.8 Å². The maximum absolute atomic E-state index is 5.62. The maximum atomic E-state index is 5.62. The Hall–Kier alpha value is -2.66. The van der Waals surface area contributed by atoms with Crippen molar-refractivity contribution in [2.75, 3.05) is 24.8 Å². The zero-order chi connectivity index (χ0) is 17.1. The smallest absolute Gasteiger partial charge is 0.163 e. The first-order chi connectivity index (χ1) is 12.3. The summed E-state index contributed by atoms with van der Waals surface area (Å²) in [6.45, 7) is 1.18. The third-order valence-corrected chi connectivity index (χ3v) is 4.79. The Morgan fingerprint density at radius 3 is 2.60 bits per heavy atom. The molecule has 126 valence electrons. The molecule has 5 heteroatoms. The van der Waals surface area contributed by atoms with E-state index in [1.165, 1.54) is 10.5 Å². The van der Waals surface area contributed by atoms with E-state index in [1.807, 2.05) is 30.5 Å². The van der Waals surface area contributed by atoms with Gasteiger partial charge in [-0.3, -0.25) is 0 Å². The molecule has 1 N–H and O–H groups in total. The van der Waals surface area contributed by atoms with E-state index < -0.39 is 0 Å². The molecule has 0 radical (unpaired) electrons. The van der Waals surface area contributed by atoms with E-state index in [4.69, 9.17) is 9.47 Å². The number of nitrogens with zero attached hydrogens (tertiary/aromatic N) is 1. The summed E-state index contributed by atoms with van der Waals surface area (Å²) >= 11 is 1.74. The fourth-order valence-corrected chi connectivity index (χ4v) is 3.40. The topological polar surface area (TPSA) is 43.4 Å². The summed E-state index contributed by atoms with van der Waals surface area (Å²) in [5, 5.41) is 3.31. The lowest BCUT2D eigenvalue weighted by molar-refractivity contribution is 0.171. The molecule has 0 unspecified atom stereocenters. The number of nitrogens with one attached hydrogen (secondary N) is 1. The molecule has 3 aromatic rings. The van der Waals surface area contributed by atoms with E-state index in [0.717, 1.165) is 28.6 Å². The second-order valence-corrected chi connectivity index (χ2v) is 6.46. The van der Waals surface area contributed by atoms with Crippen molar-refractivity contribution in [1.29, 1.82) is 0 Å². The first-order valence-electron chi connectivity index (χ1n) is 8.09. The second-order valence-electron chi connectivity index (χ2n) is 5.62. The van der Waals surface area contributed by atoms with Crippen LogP contribution in [-0.4, -0.2) is 24.5 Å². The highest BCUT2D eigenvalue weighted by atomic mass is 32.2. The van der Waals surface area contributed by atoms with Crippen molar-refractivity contribution >= 4 is 23.3 Å². The van der Waals surface area contributed by atoms with Crippen LogP contribution in [0.25, 0.3) is 11.1 Å². The Morgan fingerprint density at radius 1 is 0.960 bits per heavy atom. The third kappa shape index (κ3) is 3.42. The number of rotatable bonds is 4. The summed E-state index contributed by atoms with van der Waals surface area (Å²) in [4.78, 5) is 5.79. The van der Waals surface area contributed by atoms with Crippen LogP contribution in [-0.2, 0) is 0 Å². The predicted octanol–water partition coefficient (Wildman–Crippen LogP) is 4.99. The number of thioether (sulfide) groups is 1. The highest BCUT2D eigenvalue weighted by Gasteiger charge is 2.12. The van der Waals surface area contributed by atoms with Crippen LogP contribution < -0.4 is 14.8 Å². The van der Waals surface area contributed by atoms with E-state index >= 15 is 0 Å². The van der Waals surface area contributed by atoms with Crippen molar-refractivity contribution in [1.82, 2.24) is 4.98 Å². The molecule has 0 saturated carbocycles. The second kappa shape index (κ2) is 7.07. The minimum absolute atomic E-state index is 0.582. The molecular weight excluding hydrogens is 332 g/mol. The molecule has 0 bridgehead atoms. The van der Waals surface area contributed by atoms with E-state index in [1.54, 1.807) is 11.8 Å². The normalized spacial score (nSPS) is 12.7. The monoisotopic (exact) mass is 350 g/mol. The number of pyridine rings is 1. The zero-order valence-corrected chi connectivity index (χ0v) is 14.7. The van der Waals surface area contributed by atoms with Gasteiger partial charge in [-0.1, -0.05) is 18.2 Å². The lowest BCUT2D eigenvalue weighted by Gasteiger charge is -2.19. The Bertz CT molecular complexity index is 881. The highest BCUT2D eigenvalue weighted by molar-refractivity contribution is 7.98. The molecule has 0 aliphatic carbocycles. The Kier molecular flexibility index (Phi) is 4.48. The Morgan fingerprint density at radius 2 is 1.80 bits per heavy atom. The molecule has 1 aliphatic heterocycles. The van der Waals surface area contributed by atoms with E-state index in [-0.39, 0.29) is 0 Å². The number of hydrogen-bond donors (Lipinski definition) is 1. The molecule has 2 aromatic carbocycles. The first kappa shape index (κ1) is 15.8. The summed E-state index contributed by atoms with van der Waals surface area (Å²) in [5.41, 5.74) is 3.24. The van der Waals surface area contributed by atoms with Gasteiger partial charge in [-0.25, -0.2) is 4.98 Å². The minimum Gasteiger partial charge on any atom is -0.486 e. The van der Waals surface area contributed by atoms with Gasteiger partial charge in [0.25, 0.3) is 0 Å². The lowest BCUT2D eigenvalue weighted by Crippen LogP contribution is -2.15. The minimum atomic E-state index is 0.582. The quantitative estimate of drug-likeness (QED) is 0.672. The van der Waals surface area contributed by atoms with E-state index in [0.29, 0.717) is 13.2 Å². The Labute approximate surface area is 151 Å². The van der Waals surface area contributed by atoms with E-state index in [2.05, 4.69) is 46.9 Å². The summed E-state index contributed by atoms with van der Waals surface area (Å²) in [5.74, 6) is 2.35. The van der Waals surface area contributed by atoms with Crippen LogP contribution >= 0.6 is 11.8 Å². The molecule has 25 heavy (non-hydrogen) atoms. The summed E-state index contributed by atoms with van der Waals surface area (Å²) in [7, 11) is 0. The van der Waals surface area contributed by atoms with Gasteiger partial charge in [-0.15, -0.1) is 11.8 Å². The Balaban J connectivity index is 1.54. The average Bonchev–Trinajstić information content (AvgIpc) is 2.68. The van der Waals surface area contributed by atoms with E-state index in [9.17, 15) is 0 Å². The van der Waals surface area contributed by atoms with Crippen molar-refractivity contribution in [3.05, 3.63) is 60.8 Å². The molecule has 4 nitrogen and oxygen atoms in total. The van der Waals surface area contributed by atoms with Gasteiger partial charge in [0.15, 0.2) is 11.5 Å². The standard InChI is InChI=1S/C20H18N2O2S/c1-25-19-5-3-2-4-16(19)14-6-9-20(21-13-14)22-15-7-8-17-18(12-15)24-11-10-23-17/h2-9,12-13H,10-11H2,1H3,(H,21,22). The van der Waals surface area contributed by atoms with Crippen molar-refractivity contribution < 1.29 is 9.47 Å². The van der Waals surface area contributed by atoms with Crippen LogP contribution in [0.5, 0.6) is 11.5 Å². The van der Waals surface area contributed by atoms with Crippen LogP contribution in [0.3, 0.4) is 0 Å². The zero-order valence-electron chi connectivity index (χ0n) is 13.9. The molecular formula is C20H18N2O2S. The van der Waals surface area contributed by atoms with Crippen molar-refractivity contribution in [2.45, 2.75) is 4.90 Å². The largest absolute Gasteiger partial charge is 0.486 e. The number of benzene rings is 2. The van der Waals surface area contributed by atoms with Gasteiger partial charge in [-0.05, 0) is 42.2 Å². The highest BCUT2D eigenvalue weighted by Crippen LogP contribution is 2.34. The fourth-order valence-electron chi connectivity index (χ4n) is 2.78. The fraction of sp³-hybridized carbons (Fsp3) is 0.150. The van der Waals surface area contributed by atoms with Crippen molar-refractivity contribution in [3.8, 4) is 22.6 Å². The number of hydrogen-bond acceptors (Lipinski definition) is 5. The van der Waals surface area contributed by atoms with Crippen LogP contribution in [0.1, 0.15) is 0 Å². The molecule has 0 amide bonds. The van der Waals surface area contributed by atoms with Gasteiger partial charge in [0, 0.05) is 28.4 Å². The van der Waals surface area contributed by atoms with Crippen molar-refractivity contribution in [2.24, 2.45) is 0 Å². The summed E-state index contributed by atoms with van der Waals surface area (Å²) in [6.07, 6.45) is 3.99. The van der Waals surface area contributed by atoms with Gasteiger partial charge in [0.2, 0.25) is 0 Å². The molecule has 2 heterocycles. The van der Waals surface area contributed by atoms with Crippen molar-refractivity contribution in [3.63, 3.8) is 0 Å². The molecule has 1 aromatic heterocycles. The number of ether oxygens (including phenoxy) is 2. The molecule has 0 saturated heterocycles. The average molecular weight is 350 g/mol. The first-order valence-corrected chi connectivity index (χ1v) is 9.32. The number of anilines is 2. The third-order valence-electron chi connectivity index (χ3n) is 4.00. The van der Waals surface area contributed by atoms with Gasteiger partial charge in [0.1, 0.15) is 19.0 Å². The molecule has 4 rings (SSSR count). The number of aromatic nitrogens is 1. The number of fused-ring (bicyclic) bond motifs is 1. The van der Waals surface area contributed by atoms with Gasteiger partial charge in [0.05, 0.1) is 0 Å². The predicted molar refractivity (Wildman–Crippen MR) is 102 cm³/mol. The van der Waals surface area contributed by atoms with Gasteiger partial charge in [-0.2, -0.15) is 0 Å². The molecule has 0 atom stereocenters. The summed E-state index contributed by atoms with van der Waals surface area (Å²) < 4.78 is 11.2. The van der Waals surface area contributed by atoms with Crippen LogP contribution in [0.2, 0.25) is 0 Å². The van der Waals surface area contributed by atoms with Crippen LogP contribution in [0, 0.1) is 0 Å². The molecule has 1 aliphatic rings. The van der Waals surface area contributed by atoms with Crippen LogP contribution in [0.15, 0.2) is 65.7 Å².